The third-order valence-corrected chi connectivity index (χ3v) is 4.15. The van der Waals surface area contributed by atoms with Crippen molar-refractivity contribution in [3.63, 3.8) is 0 Å². The molecule has 0 aliphatic carbocycles. The Morgan fingerprint density at radius 3 is 1.03 bits per heavy atom. The summed E-state index contributed by atoms with van der Waals surface area (Å²) in [5, 5.41) is 40.4. The maximum absolute atomic E-state index is 10.2. The van der Waals surface area contributed by atoms with Crippen molar-refractivity contribution in [1.29, 1.82) is 0 Å². The van der Waals surface area contributed by atoms with Gasteiger partial charge in [0.2, 0.25) is 0 Å². The summed E-state index contributed by atoms with van der Waals surface area (Å²) < 4.78 is 0. The molecule has 0 rings (SSSR count). The van der Waals surface area contributed by atoms with Gasteiger partial charge in [0.1, 0.15) is 24.2 Å². The van der Waals surface area contributed by atoms with Gasteiger partial charge in [-0.15, -0.1) is 0 Å². The van der Waals surface area contributed by atoms with Crippen molar-refractivity contribution in [2.45, 2.75) is 85.5 Å². The topological polar surface area (TPSA) is 317 Å². The molecule has 222 valence electrons. The number of aliphatic carboxylic acids is 5. The molecule has 0 saturated heterocycles. The molecular formula is C22H49N5O10. The molecule has 0 bridgehead atoms. The molecule has 0 amide bonds. The van der Waals surface area contributed by atoms with Gasteiger partial charge < -0.3 is 54.2 Å². The van der Waals surface area contributed by atoms with Crippen LogP contribution in [0.5, 0.6) is 0 Å². The molecule has 0 aliphatic heterocycles. The van der Waals surface area contributed by atoms with E-state index in [2.05, 4.69) is 5.73 Å². The molecule has 0 spiro atoms. The first-order chi connectivity index (χ1) is 16.6. The van der Waals surface area contributed by atoms with Crippen LogP contribution in [0, 0.1) is 17.8 Å². The van der Waals surface area contributed by atoms with Crippen LogP contribution in [-0.4, -0.2) is 86.1 Å². The van der Waals surface area contributed by atoms with Gasteiger partial charge in [0, 0.05) is 0 Å². The summed E-state index contributed by atoms with van der Waals surface area (Å²) in [4.78, 5) is 49.1. The molecule has 37 heavy (non-hydrogen) atoms. The van der Waals surface area contributed by atoms with Gasteiger partial charge in [-0.25, -0.2) is 0 Å². The Morgan fingerprint density at radius 2 is 0.973 bits per heavy atom. The molecule has 15 heteroatoms. The van der Waals surface area contributed by atoms with Crippen molar-refractivity contribution in [3.05, 3.63) is 0 Å². The summed E-state index contributed by atoms with van der Waals surface area (Å²) >= 11 is 0. The van der Waals surface area contributed by atoms with Crippen LogP contribution in [0.25, 0.3) is 0 Å². The average Bonchev–Trinajstić information content (AvgIpc) is 2.78. The lowest BCUT2D eigenvalue weighted by Crippen LogP contribution is -2.36. The summed E-state index contributed by atoms with van der Waals surface area (Å²) in [5.74, 6) is -4.24. The van der Waals surface area contributed by atoms with E-state index in [1.165, 1.54) is 6.92 Å². The highest BCUT2D eigenvalue weighted by molar-refractivity contribution is 5.74. The van der Waals surface area contributed by atoms with Crippen LogP contribution in [0.3, 0.4) is 0 Å². The lowest BCUT2D eigenvalue weighted by atomic mass is 10.0. The lowest BCUT2D eigenvalue weighted by molar-refractivity contribution is -0.140. The van der Waals surface area contributed by atoms with Gasteiger partial charge in [-0.1, -0.05) is 48.0 Å². The molecule has 0 aromatic carbocycles. The van der Waals surface area contributed by atoms with Gasteiger partial charge in [0.05, 0.1) is 6.54 Å². The SMILES string of the molecule is CC(C)C(N)C(=O)O.CC(C)CC(N)C(=O)O.CC(N)C(=O)O.CC[C@H](C)C(N)C(=O)O.NCC(=O)O. The molecule has 4 unspecified atom stereocenters. The van der Waals surface area contributed by atoms with Crippen molar-refractivity contribution in [1.82, 2.24) is 0 Å². The van der Waals surface area contributed by atoms with Gasteiger partial charge in [-0.3, -0.25) is 24.0 Å². The van der Waals surface area contributed by atoms with Crippen molar-refractivity contribution < 1.29 is 49.5 Å². The third kappa shape index (κ3) is 37.9. The molecule has 0 heterocycles. The first kappa shape index (κ1) is 44.2. The molecule has 5 atom stereocenters. The van der Waals surface area contributed by atoms with Crippen LogP contribution < -0.4 is 28.7 Å². The lowest BCUT2D eigenvalue weighted by Gasteiger charge is -2.11. The number of carboxylic acids is 5. The minimum Gasteiger partial charge on any atom is -0.480 e. The standard InChI is InChI=1S/2C6H13NO2.C5H11NO2.C3H7NO2.C2H5NO2/c1-4(2)3-5(7)6(8)9;1-3-4(2)5(7)6(8)9;1-3(2)4(6)5(7)8;1-2(4)3(5)6;3-1-2(4)5/h2*4-5H,3,7H2,1-2H3,(H,8,9);3-4H,6H2,1-2H3,(H,7,8);2H,4H2,1H3,(H,5,6);1,3H2,(H,4,5)/t;4-,5?;;;/m.0.../s1. The second-order valence-corrected chi connectivity index (χ2v) is 8.66. The fourth-order valence-electron chi connectivity index (χ4n) is 1.39. The maximum atomic E-state index is 10.2. The predicted octanol–water partition coefficient (Wildman–Crippen LogP) is -0.609. The Morgan fingerprint density at radius 1 is 0.649 bits per heavy atom. The maximum Gasteiger partial charge on any atom is 0.320 e. The largest absolute Gasteiger partial charge is 0.480 e. The summed E-state index contributed by atoms with van der Waals surface area (Å²) in [7, 11) is 0. The molecule has 0 aliphatic rings. The minimum atomic E-state index is -0.968. The number of hydrogen-bond acceptors (Lipinski definition) is 10. The Kier molecular flexibility index (Phi) is 31.3. The number of nitrogens with two attached hydrogens (primary N) is 5. The van der Waals surface area contributed by atoms with E-state index in [1.54, 1.807) is 13.8 Å². The van der Waals surface area contributed by atoms with E-state index in [9.17, 15) is 24.0 Å². The zero-order valence-electron chi connectivity index (χ0n) is 22.8. The van der Waals surface area contributed by atoms with Crippen LogP contribution in [0.1, 0.15) is 61.3 Å². The normalized spacial score (nSPS) is 13.7. The average molecular weight is 544 g/mol. The summed E-state index contributed by atoms with van der Waals surface area (Å²) in [5.41, 5.74) is 25.1. The van der Waals surface area contributed by atoms with Crippen molar-refractivity contribution in [2.24, 2.45) is 46.4 Å². The van der Waals surface area contributed by atoms with E-state index in [4.69, 9.17) is 48.5 Å². The van der Waals surface area contributed by atoms with Crippen LogP contribution in [0.15, 0.2) is 0 Å². The monoisotopic (exact) mass is 543 g/mol. The molecule has 0 aromatic rings. The van der Waals surface area contributed by atoms with Gasteiger partial charge in [0.25, 0.3) is 0 Å². The van der Waals surface area contributed by atoms with Crippen LogP contribution in [-0.2, 0) is 24.0 Å². The highest BCUT2D eigenvalue weighted by atomic mass is 16.4. The van der Waals surface area contributed by atoms with Crippen molar-refractivity contribution >= 4 is 29.8 Å². The van der Waals surface area contributed by atoms with E-state index in [-0.39, 0.29) is 18.4 Å². The Bertz CT molecular complexity index is 645. The molecule has 0 aromatic heterocycles. The number of carboxylic acid groups (broad SMARTS) is 5. The smallest absolute Gasteiger partial charge is 0.320 e. The Labute approximate surface area is 218 Å². The molecule has 0 saturated carbocycles. The Hall–Kier alpha value is -2.85. The minimum absolute atomic E-state index is 0.0208. The quantitative estimate of drug-likeness (QED) is 0.164. The van der Waals surface area contributed by atoms with E-state index in [0.29, 0.717) is 12.3 Å². The van der Waals surface area contributed by atoms with Crippen molar-refractivity contribution in [3.8, 4) is 0 Å². The van der Waals surface area contributed by atoms with E-state index in [0.717, 1.165) is 6.42 Å². The van der Waals surface area contributed by atoms with Gasteiger partial charge >= 0.3 is 29.8 Å². The summed E-state index contributed by atoms with van der Waals surface area (Å²) in [6.45, 7) is 12.3. The summed E-state index contributed by atoms with van der Waals surface area (Å²) in [6.07, 6.45) is 1.36. The van der Waals surface area contributed by atoms with E-state index in [1.807, 2.05) is 27.7 Å². The summed E-state index contributed by atoms with van der Waals surface area (Å²) in [6, 6.07) is -2.83. The number of carbonyl (C=O) groups is 5. The zero-order valence-corrected chi connectivity index (χ0v) is 22.8. The fourth-order valence-corrected chi connectivity index (χ4v) is 1.39. The molecule has 15 nitrogen and oxygen atoms in total. The number of rotatable bonds is 10. The highest BCUT2D eigenvalue weighted by Crippen LogP contribution is 2.04. The highest BCUT2D eigenvalue weighted by Gasteiger charge is 2.17. The number of hydrogen-bond donors (Lipinski definition) is 10. The first-order valence-corrected chi connectivity index (χ1v) is 11.5. The molecular weight excluding hydrogens is 494 g/mol. The van der Waals surface area contributed by atoms with Gasteiger partial charge in [-0.05, 0) is 31.1 Å². The predicted molar refractivity (Wildman–Crippen MR) is 139 cm³/mol. The molecule has 0 fully saturated rings. The third-order valence-electron chi connectivity index (χ3n) is 4.15. The molecule has 15 N–H and O–H groups in total. The molecule has 0 radical (unpaired) electrons. The van der Waals surface area contributed by atoms with Crippen LogP contribution >= 0.6 is 0 Å². The van der Waals surface area contributed by atoms with Gasteiger partial charge in [-0.2, -0.15) is 0 Å². The second kappa shape index (κ2) is 26.2. The second-order valence-electron chi connectivity index (χ2n) is 8.66. The van der Waals surface area contributed by atoms with Crippen LogP contribution in [0.4, 0.5) is 0 Å². The zero-order chi connectivity index (χ0) is 31.0. The Balaban J connectivity index is -0.000000117. The van der Waals surface area contributed by atoms with Crippen molar-refractivity contribution in [2.75, 3.05) is 6.54 Å². The van der Waals surface area contributed by atoms with E-state index >= 15 is 0 Å². The first-order valence-electron chi connectivity index (χ1n) is 11.5. The fraction of sp³-hybridized carbons (Fsp3) is 0.773. The van der Waals surface area contributed by atoms with E-state index < -0.39 is 54.0 Å². The van der Waals surface area contributed by atoms with Crippen LogP contribution in [0.2, 0.25) is 0 Å². The van der Waals surface area contributed by atoms with Gasteiger partial charge in [0.15, 0.2) is 0 Å².